The summed E-state index contributed by atoms with van der Waals surface area (Å²) in [6.45, 7) is 4.71. The summed E-state index contributed by atoms with van der Waals surface area (Å²) in [6.07, 6.45) is 5.69. The van der Waals surface area contributed by atoms with Gasteiger partial charge in [-0.25, -0.2) is 4.98 Å². The van der Waals surface area contributed by atoms with Crippen LogP contribution in [0.1, 0.15) is 33.1 Å². The Morgan fingerprint density at radius 2 is 2.06 bits per heavy atom. The van der Waals surface area contributed by atoms with Gasteiger partial charge in [0, 0.05) is 12.1 Å². The summed E-state index contributed by atoms with van der Waals surface area (Å²) in [6, 6.07) is 4.53. The third-order valence-corrected chi connectivity index (χ3v) is 3.91. The van der Waals surface area contributed by atoms with Crippen LogP contribution in [0.2, 0.25) is 0 Å². The van der Waals surface area contributed by atoms with Crippen molar-refractivity contribution in [1.29, 1.82) is 0 Å². The van der Waals surface area contributed by atoms with Gasteiger partial charge >= 0.3 is 0 Å². The van der Waals surface area contributed by atoms with Gasteiger partial charge in [0.25, 0.3) is 0 Å². The zero-order valence-electron chi connectivity index (χ0n) is 10.9. The van der Waals surface area contributed by atoms with E-state index in [4.69, 9.17) is 4.74 Å². The number of aromatic nitrogens is 1. The van der Waals surface area contributed by atoms with Gasteiger partial charge in [-0.1, -0.05) is 13.8 Å². The average molecular weight is 234 g/mol. The maximum atomic E-state index is 5.05. The van der Waals surface area contributed by atoms with Gasteiger partial charge in [0.2, 0.25) is 5.88 Å². The Morgan fingerprint density at radius 1 is 1.24 bits per heavy atom. The van der Waals surface area contributed by atoms with Gasteiger partial charge in [0.1, 0.15) is 0 Å². The molecule has 1 fully saturated rings. The Labute approximate surface area is 104 Å². The molecule has 0 amide bonds. The molecule has 1 aliphatic carbocycles. The van der Waals surface area contributed by atoms with Crippen molar-refractivity contribution in [2.75, 3.05) is 12.4 Å². The minimum absolute atomic E-state index is 0.594. The highest BCUT2D eigenvalue weighted by atomic mass is 16.5. The first-order chi connectivity index (χ1) is 8.19. The van der Waals surface area contributed by atoms with Crippen molar-refractivity contribution >= 4 is 5.69 Å². The van der Waals surface area contributed by atoms with Crippen molar-refractivity contribution in [1.82, 2.24) is 4.98 Å². The van der Waals surface area contributed by atoms with Crippen LogP contribution in [0.3, 0.4) is 0 Å². The lowest BCUT2D eigenvalue weighted by Crippen LogP contribution is -2.30. The summed E-state index contributed by atoms with van der Waals surface area (Å²) in [5.41, 5.74) is 1.09. The van der Waals surface area contributed by atoms with Crippen LogP contribution in [-0.2, 0) is 0 Å². The van der Waals surface area contributed by atoms with Gasteiger partial charge in [-0.05, 0) is 37.2 Å². The molecular formula is C14H22N2O. The number of ether oxygens (including phenoxy) is 1. The predicted octanol–water partition coefficient (Wildman–Crippen LogP) is 3.33. The molecule has 1 saturated carbocycles. The number of nitrogens with one attached hydrogen (secondary N) is 1. The van der Waals surface area contributed by atoms with Crippen molar-refractivity contribution in [3.05, 3.63) is 18.3 Å². The third kappa shape index (κ3) is 3.11. The molecule has 0 saturated heterocycles. The van der Waals surface area contributed by atoms with E-state index in [-0.39, 0.29) is 0 Å². The molecule has 3 atom stereocenters. The summed E-state index contributed by atoms with van der Waals surface area (Å²) in [5, 5.41) is 3.57. The quantitative estimate of drug-likeness (QED) is 0.871. The van der Waals surface area contributed by atoms with E-state index in [0.29, 0.717) is 11.9 Å². The van der Waals surface area contributed by atoms with Crippen LogP contribution in [0.15, 0.2) is 18.3 Å². The van der Waals surface area contributed by atoms with Gasteiger partial charge in [-0.3, -0.25) is 0 Å². The van der Waals surface area contributed by atoms with E-state index in [0.717, 1.165) is 17.5 Å². The SMILES string of the molecule is COc1ccc(NC2CCC(C)C(C)C2)cn1. The Kier molecular flexibility index (Phi) is 3.87. The number of pyridine rings is 1. The van der Waals surface area contributed by atoms with Crippen molar-refractivity contribution in [2.24, 2.45) is 11.8 Å². The molecule has 3 heteroatoms. The van der Waals surface area contributed by atoms with E-state index < -0.39 is 0 Å². The van der Waals surface area contributed by atoms with E-state index in [9.17, 15) is 0 Å². The lowest BCUT2D eigenvalue weighted by molar-refractivity contribution is 0.261. The summed E-state index contributed by atoms with van der Waals surface area (Å²) in [7, 11) is 1.64. The van der Waals surface area contributed by atoms with Gasteiger partial charge < -0.3 is 10.1 Å². The van der Waals surface area contributed by atoms with E-state index in [1.807, 2.05) is 18.3 Å². The van der Waals surface area contributed by atoms with E-state index >= 15 is 0 Å². The highest BCUT2D eigenvalue weighted by Crippen LogP contribution is 2.31. The molecule has 0 aliphatic heterocycles. The minimum atomic E-state index is 0.594. The van der Waals surface area contributed by atoms with Crippen molar-refractivity contribution in [3.8, 4) is 5.88 Å². The summed E-state index contributed by atoms with van der Waals surface area (Å²) < 4.78 is 5.05. The van der Waals surface area contributed by atoms with Gasteiger partial charge in [0.05, 0.1) is 19.0 Å². The number of rotatable bonds is 3. The fraction of sp³-hybridized carbons (Fsp3) is 0.643. The molecule has 1 aromatic rings. The van der Waals surface area contributed by atoms with Crippen LogP contribution < -0.4 is 10.1 Å². The minimum Gasteiger partial charge on any atom is -0.481 e. The van der Waals surface area contributed by atoms with Gasteiger partial charge in [-0.2, -0.15) is 0 Å². The predicted molar refractivity (Wildman–Crippen MR) is 70.4 cm³/mol. The number of hydrogen-bond acceptors (Lipinski definition) is 3. The fourth-order valence-corrected chi connectivity index (χ4v) is 2.50. The monoisotopic (exact) mass is 234 g/mol. The molecule has 3 nitrogen and oxygen atoms in total. The van der Waals surface area contributed by atoms with Crippen LogP contribution >= 0.6 is 0 Å². The standard InChI is InChI=1S/C14H22N2O/c1-10-4-5-12(8-11(10)2)16-13-6-7-14(17-3)15-9-13/h6-7,9-12,16H,4-5,8H2,1-3H3. The Bertz CT molecular complexity index is 350. The Morgan fingerprint density at radius 3 is 2.65 bits per heavy atom. The third-order valence-electron chi connectivity index (χ3n) is 3.91. The van der Waals surface area contributed by atoms with Crippen LogP contribution in [0.4, 0.5) is 5.69 Å². The largest absolute Gasteiger partial charge is 0.481 e. The second-order valence-electron chi connectivity index (χ2n) is 5.20. The molecule has 1 heterocycles. The number of hydrogen-bond donors (Lipinski definition) is 1. The number of anilines is 1. The molecule has 2 rings (SSSR count). The molecule has 17 heavy (non-hydrogen) atoms. The number of methoxy groups -OCH3 is 1. The summed E-state index contributed by atoms with van der Waals surface area (Å²) >= 11 is 0. The highest BCUT2D eigenvalue weighted by molar-refractivity contribution is 5.43. The smallest absolute Gasteiger partial charge is 0.213 e. The van der Waals surface area contributed by atoms with Crippen molar-refractivity contribution in [3.63, 3.8) is 0 Å². The second-order valence-corrected chi connectivity index (χ2v) is 5.20. The molecular weight excluding hydrogens is 212 g/mol. The average Bonchev–Trinajstić information content (AvgIpc) is 2.35. The summed E-state index contributed by atoms with van der Waals surface area (Å²) in [5.74, 6) is 2.34. The van der Waals surface area contributed by atoms with Crippen LogP contribution in [-0.4, -0.2) is 18.1 Å². The van der Waals surface area contributed by atoms with Crippen LogP contribution in [0.25, 0.3) is 0 Å². The zero-order chi connectivity index (χ0) is 12.3. The highest BCUT2D eigenvalue weighted by Gasteiger charge is 2.24. The van der Waals surface area contributed by atoms with E-state index in [1.54, 1.807) is 7.11 Å². The lowest BCUT2D eigenvalue weighted by Gasteiger charge is -2.33. The Balaban J connectivity index is 1.92. The molecule has 1 aliphatic rings. The number of nitrogens with zero attached hydrogens (tertiary/aromatic N) is 1. The molecule has 1 N–H and O–H groups in total. The first-order valence-electron chi connectivity index (χ1n) is 6.45. The lowest BCUT2D eigenvalue weighted by atomic mass is 9.79. The molecule has 0 spiro atoms. The van der Waals surface area contributed by atoms with Crippen LogP contribution in [0.5, 0.6) is 5.88 Å². The van der Waals surface area contributed by atoms with Crippen LogP contribution in [0, 0.1) is 11.8 Å². The van der Waals surface area contributed by atoms with Crippen molar-refractivity contribution < 1.29 is 4.74 Å². The van der Waals surface area contributed by atoms with Crippen molar-refractivity contribution in [2.45, 2.75) is 39.2 Å². The molecule has 3 unspecified atom stereocenters. The maximum absolute atomic E-state index is 5.05. The zero-order valence-corrected chi connectivity index (χ0v) is 10.9. The van der Waals surface area contributed by atoms with E-state index in [2.05, 4.69) is 24.1 Å². The molecule has 94 valence electrons. The summed E-state index contributed by atoms with van der Waals surface area (Å²) in [4.78, 5) is 4.21. The van der Waals surface area contributed by atoms with E-state index in [1.165, 1.54) is 19.3 Å². The maximum Gasteiger partial charge on any atom is 0.213 e. The van der Waals surface area contributed by atoms with Gasteiger partial charge in [-0.15, -0.1) is 0 Å². The molecule has 1 aromatic heterocycles. The second kappa shape index (κ2) is 5.39. The molecule has 0 radical (unpaired) electrons. The first kappa shape index (κ1) is 12.2. The topological polar surface area (TPSA) is 34.1 Å². The first-order valence-corrected chi connectivity index (χ1v) is 6.45. The Hall–Kier alpha value is -1.25. The molecule has 0 bridgehead atoms. The normalized spacial score (nSPS) is 28.8. The van der Waals surface area contributed by atoms with Gasteiger partial charge in [0.15, 0.2) is 0 Å². The fourth-order valence-electron chi connectivity index (χ4n) is 2.50. The molecule has 0 aromatic carbocycles.